The van der Waals surface area contributed by atoms with E-state index in [1.807, 2.05) is 4.90 Å². The molecule has 82 valence electrons. The smallest absolute Gasteiger partial charge is 0.267 e. The van der Waals surface area contributed by atoms with E-state index in [2.05, 4.69) is 4.98 Å². The lowest BCUT2D eigenvalue weighted by molar-refractivity contribution is -0.575. The highest BCUT2D eigenvalue weighted by Crippen LogP contribution is 2.23. The fourth-order valence-corrected chi connectivity index (χ4v) is 1.78. The average molecular weight is 210 g/mol. The van der Waals surface area contributed by atoms with Gasteiger partial charge in [0, 0.05) is 0 Å². The predicted octanol–water partition coefficient (Wildman–Crippen LogP) is -0.938. The molecule has 0 aliphatic carbocycles. The highest BCUT2D eigenvalue weighted by atomic mass is 16.5. The summed E-state index contributed by atoms with van der Waals surface area (Å²) in [6.07, 6.45) is 2.09. The number of anilines is 4. The van der Waals surface area contributed by atoms with Crippen molar-refractivity contribution < 1.29 is 4.73 Å². The third kappa shape index (κ3) is 1.45. The molecule has 1 aliphatic heterocycles. The largest absolute Gasteiger partial charge is 0.740 e. The van der Waals surface area contributed by atoms with Gasteiger partial charge >= 0.3 is 0 Å². The Hall–Kier alpha value is -1.92. The number of hydrogen-bond donors (Lipinski definition) is 3. The van der Waals surface area contributed by atoms with E-state index >= 15 is 0 Å². The van der Waals surface area contributed by atoms with E-state index in [1.165, 1.54) is 0 Å². The molecule has 0 spiro atoms. The van der Waals surface area contributed by atoms with Gasteiger partial charge in [0.05, 0.1) is 13.1 Å². The molecular weight excluding hydrogens is 196 g/mol. The molecule has 1 saturated heterocycles. The van der Waals surface area contributed by atoms with Gasteiger partial charge in [-0.25, -0.2) is 9.71 Å². The normalized spacial score (nSPS) is 15.9. The minimum Gasteiger partial charge on any atom is -0.740 e. The number of aromatic nitrogens is 2. The summed E-state index contributed by atoms with van der Waals surface area (Å²) in [6.45, 7) is 1.61. The van der Waals surface area contributed by atoms with Crippen LogP contribution in [0.5, 0.6) is 0 Å². The number of nitrogen functional groups attached to an aromatic ring is 3. The number of nitrogens with two attached hydrogens (primary N) is 3. The van der Waals surface area contributed by atoms with Crippen LogP contribution in [0, 0.1) is 5.21 Å². The first-order chi connectivity index (χ1) is 7.11. The van der Waals surface area contributed by atoms with Crippen molar-refractivity contribution in [2.45, 2.75) is 12.8 Å². The minimum atomic E-state index is -0.0916. The number of nitrogens with zero attached hydrogens (tertiary/aromatic N) is 3. The van der Waals surface area contributed by atoms with E-state index in [9.17, 15) is 5.21 Å². The van der Waals surface area contributed by atoms with Gasteiger partial charge in [-0.2, -0.15) is 0 Å². The van der Waals surface area contributed by atoms with Crippen molar-refractivity contribution in [1.82, 2.24) is 4.98 Å². The van der Waals surface area contributed by atoms with Crippen molar-refractivity contribution in [2.24, 2.45) is 0 Å². The Bertz CT molecular complexity index is 387. The molecule has 1 aromatic heterocycles. The summed E-state index contributed by atoms with van der Waals surface area (Å²) in [6, 6.07) is 0. The molecule has 2 rings (SSSR count). The molecule has 0 atom stereocenters. The van der Waals surface area contributed by atoms with Crippen LogP contribution in [0.25, 0.3) is 0 Å². The Morgan fingerprint density at radius 3 is 2.33 bits per heavy atom. The van der Waals surface area contributed by atoms with Gasteiger partial charge in [0.2, 0.25) is 0 Å². The zero-order chi connectivity index (χ0) is 11.0. The van der Waals surface area contributed by atoms with Crippen molar-refractivity contribution in [2.75, 3.05) is 35.2 Å². The molecule has 0 unspecified atom stereocenters. The molecule has 1 aromatic rings. The lowest BCUT2D eigenvalue weighted by Crippen LogP contribution is -2.41. The molecule has 0 amide bonds. The zero-order valence-electron chi connectivity index (χ0n) is 8.31. The molecule has 1 fully saturated rings. The predicted molar refractivity (Wildman–Crippen MR) is 57.9 cm³/mol. The first-order valence-corrected chi connectivity index (χ1v) is 4.80. The lowest BCUT2D eigenvalue weighted by Gasteiger charge is -2.21. The highest BCUT2D eigenvalue weighted by molar-refractivity contribution is 5.62. The average Bonchev–Trinajstić information content (AvgIpc) is 2.68. The monoisotopic (exact) mass is 210 g/mol. The van der Waals surface area contributed by atoms with Crippen LogP contribution in [-0.2, 0) is 0 Å². The second-order valence-corrected chi connectivity index (χ2v) is 3.58. The van der Waals surface area contributed by atoms with Crippen molar-refractivity contribution in [3.8, 4) is 0 Å². The van der Waals surface area contributed by atoms with E-state index in [0.29, 0.717) is 10.5 Å². The van der Waals surface area contributed by atoms with Crippen molar-refractivity contribution >= 4 is 23.3 Å². The van der Waals surface area contributed by atoms with Crippen LogP contribution in [0.2, 0.25) is 0 Å². The van der Waals surface area contributed by atoms with Gasteiger partial charge in [0.1, 0.15) is 0 Å². The van der Waals surface area contributed by atoms with Crippen molar-refractivity contribution in [3.63, 3.8) is 0 Å². The maximum absolute atomic E-state index is 11.7. The summed E-state index contributed by atoms with van der Waals surface area (Å²) in [5.41, 5.74) is 16.6. The van der Waals surface area contributed by atoms with Crippen LogP contribution in [0.4, 0.5) is 23.3 Å². The fraction of sp³-hybridized carbons (Fsp3) is 0.500. The van der Waals surface area contributed by atoms with Crippen LogP contribution < -0.4 is 26.8 Å². The Morgan fingerprint density at radius 1 is 1.13 bits per heavy atom. The standard InChI is InChI=1S/C8H14N6O/c9-5-7(11)14(15)8(6(10)12-5)13-3-1-2-4-13/h1-4,11H2,(H4,9,10,12). The molecule has 15 heavy (non-hydrogen) atoms. The lowest BCUT2D eigenvalue weighted by atomic mass is 10.4. The summed E-state index contributed by atoms with van der Waals surface area (Å²) in [4.78, 5) is 5.73. The number of rotatable bonds is 1. The quantitative estimate of drug-likeness (QED) is 0.406. The second-order valence-electron chi connectivity index (χ2n) is 3.58. The van der Waals surface area contributed by atoms with Gasteiger partial charge in [0.15, 0.2) is 11.6 Å². The van der Waals surface area contributed by atoms with Gasteiger partial charge in [0.25, 0.3) is 11.6 Å². The van der Waals surface area contributed by atoms with Crippen LogP contribution in [0.1, 0.15) is 12.8 Å². The zero-order valence-corrected chi connectivity index (χ0v) is 8.31. The third-order valence-electron chi connectivity index (χ3n) is 2.55. The van der Waals surface area contributed by atoms with Gasteiger partial charge in [-0.1, -0.05) is 0 Å². The van der Waals surface area contributed by atoms with Crippen LogP contribution in [0.3, 0.4) is 0 Å². The molecule has 0 radical (unpaired) electrons. The first kappa shape index (κ1) is 9.63. The SMILES string of the molecule is Nc1nc(N)c(N2CCCC2)[n+]([O-])c1N. The van der Waals surface area contributed by atoms with Crippen molar-refractivity contribution in [1.29, 1.82) is 0 Å². The van der Waals surface area contributed by atoms with E-state index in [4.69, 9.17) is 17.2 Å². The summed E-state index contributed by atoms with van der Waals surface area (Å²) in [5, 5.41) is 11.7. The number of hydrogen-bond acceptors (Lipinski definition) is 6. The molecule has 7 nitrogen and oxygen atoms in total. The minimum absolute atomic E-state index is 0.0227. The molecule has 2 heterocycles. The summed E-state index contributed by atoms with van der Waals surface area (Å²) in [7, 11) is 0. The molecular formula is C8H14N6O. The van der Waals surface area contributed by atoms with Crippen LogP contribution in [0.15, 0.2) is 0 Å². The van der Waals surface area contributed by atoms with Crippen LogP contribution in [-0.4, -0.2) is 18.1 Å². The Morgan fingerprint density at radius 2 is 1.73 bits per heavy atom. The maximum Gasteiger partial charge on any atom is 0.267 e. The maximum atomic E-state index is 11.7. The van der Waals surface area contributed by atoms with Gasteiger partial charge in [-0.05, 0) is 12.8 Å². The van der Waals surface area contributed by atoms with E-state index < -0.39 is 0 Å². The van der Waals surface area contributed by atoms with Crippen LogP contribution >= 0.6 is 0 Å². The fourth-order valence-electron chi connectivity index (χ4n) is 1.78. The third-order valence-corrected chi connectivity index (χ3v) is 2.55. The topological polar surface area (TPSA) is 121 Å². The highest BCUT2D eigenvalue weighted by Gasteiger charge is 2.24. The molecule has 6 N–H and O–H groups in total. The summed E-state index contributed by atoms with van der Waals surface area (Å²) in [5.74, 6) is 0.342. The molecule has 7 heteroatoms. The van der Waals surface area contributed by atoms with E-state index in [0.717, 1.165) is 25.9 Å². The van der Waals surface area contributed by atoms with Gasteiger partial charge < -0.3 is 22.4 Å². The Balaban J connectivity index is 2.50. The Kier molecular flexibility index (Phi) is 2.14. The Labute approximate surface area is 87.1 Å². The van der Waals surface area contributed by atoms with Gasteiger partial charge in [-0.3, -0.25) is 4.90 Å². The van der Waals surface area contributed by atoms with Gasteiger partial charge in [-0.15, -0.1) is 0 Å². The summed E-state index contributed by atoms with van der Waals surface area (Å²) < 4.78 is 0.559. The molecule has 0 aromatic carbocycles. The second kappa shape index (κ2) is 3.34. The molecule has 1 aliphatic rings. The molecule has 0 saturated carbocycles. The summed E-state index contributed by atoms with van der Waals surface area (Å²) >= 11 is 0. The van der Waals surface area contributed by atoms with Crippen molar-refractivity contribution in [3.05, 3.63) is 5.21 Å². The van der Waals surface area contributed by atoms with E-state index in [-0.39, 0.29) is 17.5 Å². The van der Waals surface area contributed by atoms with E-state index in [1.54, 1.807) is 0 Å². The molecule has 0 bridgehead atoms. The first-order valence-electron chi connectivity index (χ1n) is 4.80.